The van der Waals surface area contributed by atoms with Gasteiger partial charge in [-0.05, 0) is 35.3 Å². The Labute approximate surface area is 122 Å². The molecule has 1 aromatic heterocycles. The zero-order valence-electron chi connectivity index (χ0n) is 11.6. The second kappa shape index (κ2) is 5.25. The smallest absolute Gasteiger partial charge is 0.328 e. The van der Waals surface area contributed by atoms with Crippen LogP contribution in [-0.2, 0) is 10.2 Å². The van der Waals surface area contributed by atoms with Gasteiger partial charge in [-0.1, -0.05) is 38.4 Å². The molecule has 2 rings (SSSR count). The third-order valence-corrected chi connectivity index (χ3v) is 3.37. The fourth-order valence-corrected chi connectivity index (χ4v) is 2.12. The summed E-state index contributed by atoms with van der Waals surface area (Å²) in [7, 11) is 0. The molecule has 0 fully saturated rings. The van der Waals surface area contributed by atoms with Gasteiger partial charge in [-0.25, -0.2) is 9.78 Å². The van der Waals surface area contributed by atoms with E-state index in [4.69, 9.17) is 16.7 Å². The lowest BCUT2D eigenvalue weighted by atomic mass is 9.86. The van der Waals surface area contributed by atoms with Gasteiger partial charge in [0, 0.05) is 17.0 Å². The van der Waals surface area contributed by atoms with Gasteiger partial charge < -0.3 is 5.11 Å². The zero-order valence-corrected chi connectivity index (χ0v) is 12.4. The number of carboxylic acids is 1. The van der Waals surface area contributed by atoms with Crippen molar-refractivity contribution in [2.45, 2.75) is 26.2 Å². The molecule has 4 heteroatoms. The molecule has 0 saturated carbocycles. The predicted octanol–water partition coefficient (Wildman–Crippen LogP) is 4.28. The summed E-state index contributed by atoms with van der Waals surface area (Å²) < 4.78 is 0. The van der Waals surface area contributed by atoms with Gasteiger partial charge in [0.05, 0.1) is 5.52 Å². The van der Waals surface area contributed by atoms with Crippen LogP contribution in [0.15, 0.2) is 30.3 Å². The van der Waals surface area contributed by atoms with Gasteiger partial charge in [-0.2, -0.15) is 0 Å². The quantitative estimate of drug-likeness (QED) is 0.663. The third-order valence-electron chi connectivity index (χ3n) is 3.07. The van der Waals surface area contributed by atoms with Crippen LogP contribution in [0.1, 0.15) is 31.9 Å². The Morgan fingerprint density at radius 2 is 2.00 bits per heavy atom. The molecule has 0 saturated heterocycles. The Morgan fingerprint density at radius 3 is 2.60 bits per heavy atom. The molecule has 0 atom stereocenters. The molecule has 104 valence electrons. The van der Waals surface area contributed by atoms with Crippen LogP contribution in [0.4, 0.5) is 0 Å². The monoisotopic (exact) mass is 289 g/mol. The van der Waals surface area contributed by atoms with Crippen LogP contribution in [0.25, 0.3) is 17.0 Å². The van der Waals surface area contributed by atoms with Gasteiger partial charge in [-0.15, -0.1) is 0 Å². The summed E-state index contributed by atoms with van der Waals surface area (Å²) in [5, 5.41) is 9.93. The Bertz CT molecular complexity index is 699. The van der Waals surface area contributed by atoms with E-state index in [1.165, 1.54) is 11.6 Å². The Hall–Kier alpha value is -1.87. The van der Waals surface area contributed by atoms with E-state index in [1.54, 1.807) is 0 Å². The minimum atomic E-state index is -1.01. The molecular formula is C16H16ClNO2. The maximum Gasteiger partial charge on any atom is 0.328 e. The van der Waals surface area contributed by atoms with Crippen LogP contribution >= 0.6 is 11.6 Å². The highest BCUT2D eigenvalue weighted by molar-refractivity contribution is 6.31. The average molecular weight is 290 g/mol. The maximum atomic E-state index is 10.6. The van der Waals surface area contributed by atoms with Crippen LogP contribution in [-0.4, -0.2) is 16.1 Å². The van der Waals surface area contributed by atoms with E-state index in [2.05, 4.69) is 31.8 Å². The molecule has 0 spiro atoms. The van der Waals surface area contributed by atoms with Crippen molar-refractivity contribution in [2.24, 2.45) is 0 Å². The first kappa shape index (κ1) is 14.5. The number of aromatic nitrogens is 1. The van der Waals surface area contributed by atoms with E-state index < -0.39 is 5.97 Å². The number of hydrogen-bond acceptors (Lipinski definition) is 2. The number of benzene rings is 1. The summed E-state index contributed by atoms with van der Waals surface area (Å²) in [6.45, 7) is 6.42. The van der Waals surface area contributed by atoms with E-state index >= 15 is 0 Å². The molecule has 0 aliphatic heterocycles. The second-order valence-corrected chi connectivity index (χ2v) is 6.06. The van der Waals surface area contributed by atoms with Crippen LogP contribution in [0, 0.1) is 0 Å². The molecular weight excluding hydrogens is 274 g/mol. The molecule has 0 unspecified atom stereocenters. The van der Waals surface area contributed by atoms with Gasteiger partial charge in [0.15, 0.2) is 0 Å². The lowest BCUT2D eigenvalue weighted by Gasteiger charge is -2.19. The van der Waals surface area contributed by atoms with Crippen molar-refractivity contribution in [1.82, 2.24) is 4.98 Å². The highest BCUT2D eigenvalue weighted by Crippen LogP contribution is 2.28. The van der Waals surface area contributed by atoms with E-state index in [1.807, 2.05) is 18.2 Å². The number of pyridine rings is 1. The van der Waals surface area contributed by atoms with E-state index in [0.717, 1.165) is 17.0 Å². The number of hydrogen-bond donors (Lipinski definition) is 1. The van der Waals surface area contributed by atoms with Gasteiger partial charge in [0.25, 0.3) is 0 Å². The van der Waals surface area contributed by atoms with Gasteiger partial charge in [-0.3, -0.25) is 0 Å². The number of carboxylic acid groups (broad SMARTS) is 1. The number of nitrogens with zero attached hydrogens (tertiary/aromatic N) is 1. The van der Waals surface area contributed by atoms with Crippen LogP contribution in [0.2, 0.25) is 5.15 Å². The normalized spacial score (nSPS) is 12.2. The first-order valence-corrected chi connectivity index (χ1v) is 6.67. The highest BCUT2D eigenvalue weighted by atomic mass is 35.5. The fourth-order valence-electron chi connectivity index (χ4n) is 1.91. The molecule has 0 bridgehead atoms. The summed E-state index contributed by atoms with van der Waals surface area (Å²) in [6.07, 6.45) is 2.52. The number of fused-ring (bicyclic) bond motifs is 1. The highest BCUT2D eigenvalue weighted by Gasteiger charge is 2.14. The van der Waals surface area contributed by atoms with Crippen LogP contribution < -0.4 is 0 Å². The van der Waals surface area contributed by atoms with Crippen molar-refractivity contribution in [1.29, 1.82) is 0 Å². The molecule has 0 aliphatic rings. The van der Waals surface area contributed by atoms with Gasteiger partial charge in [0.1, 0.15) is 5.15 Å². The Morgan fingerprint density at radius 1 is 1.30 bits per heavy atom. The van der Waals surface area contributed by atoms with Crippen LogP contribution in [0.3, 0.4) is 0 Å². The zero-order chi connectivity index (χ0) is 14.9. The van der Waals surface area contributed by atoms with Gasteiger partial charge in [0.2, 0.25) is 0 Å². The SMILES string of the molecule is CC(C)(C)c1ccc2nc(Cl)c(/C=C/C(=O)O)cc2c1. The lowest BCUT2D eigenvalue weighted by molar-refractivity contribution is -0.131. The number of carbonyl (C=O) groups is 1. The molecule has 3 nitrogen and oxygen atoms in total. The number of rotatable bonds is 2. The van der Waals surface area contributed by atoms with Crippen LogP contribution in [0.5, 0.6) is 0 Å². The van der Waals surface area contributed by atoms with E-state index in [0.29, 0.717) is 10.7 Å². The molecule has 1 N–H and O–H groups in total. The summed E-state index contributed by atoms with van der Waals surface area (Å²) >= 11 is 6.06. The molecule has 0 radical (unpaired) electrons. The van der Waals surface area contributed by atoms with Gasteiger partial charge >= 0.3 is 5.97 Å². The summed E-state index contributed by atoms with van der Waals surface area (Å²) in [5.41, 5.74) is 2.65. The van der Waals surface area contributed by atoms with Crippen molar-refractivity contribution in [3.63, 3.8) is 0 Å². The summed E-state index contributed by atoms with van der Waals surface area (Å²) in [5.74, 6) is -1.01. The topological polar surface area (TPSA) is 50.2 Å². The second-order valence-electron chi connectivity index (χ2n) is 5.70. The molecule has 20 heavy (non-hydrogen) atoms. The molecule has 0 amide bonds. The van der Waals surface area contributed by atoms with Crippen molar-refractivity contribution in [3.8, 4) is 0 Å². The minimum absolute atomic E-state index is 0.0465. The fraction of sp³-hybridized carbons (Fsp3) is 0.250. The van der Waals surface area contributed by atoms with Crippen molar-refractivity contribution < 1.29 is 9.90 Å². The first-order chi connectivity index (χ1) is 9.27. The lowest BCUT2D eigenvalue weighted by Crippen LogP contribution is -2.10. The van der Waals surface area contributed by atoms with Crippen molar-refractivity contribution >= 4 is 34.5 Å². The standard InChI is InChI=1S/C16H16ClNO2/c1-16(2,3)12-5-6-13-11(9-12)8-10(15(17)18-13)4-7-14(19)20/h4-9H,1-3H3,(H,19,20)/b7-4+. The Kier molecular flexibility index (Phi) is 3.82. The molecule has 0 aliphatic carbocycles. The first-order valence-electron chi connectivity index (χ1n) is 6.29. The number of halogens is 1. The predicted molar refractivity (Wildman–Crippen MR) is 82.1 cm³/mol. The van der Waals surface area contributed by atoms with Crippen molar-refractivity contribution in [3.05, 3.63) is 46.6 Å². The number of aliphatic carboxylic acids is 1. The maximum absolute atomic E-state index is 10.6. The van der Waals surface area contributed by atoms with Crippen molar-refractivity contribution in [2.75, 3.05) is 0 Å². The molecule has 1 heterocycles. The summed E-state index contributed by atoms with van der Waals surface area (Å²) in [6, 6.07) is 7.90. The minimum Gasteiger partial charge on any atom is -0.478 e. The molecule has 2 aromatic rings. The molecule has 1 aromatic carbocycles. The van der Waals surface area contributed by atoms with E-state index in [9.17, 15) is 4.79 Å². The third kappa shape index (κ3) is 3.17. The average Bonchev–Trinajstić information content (AvgIpc) is 2.34. The summed E-state index contributed by atoms with van der Waals surface area (Å²) in [4.78, 5) is 14.9. The largest absolute Gasteiger partial charge is 0.478 e. The Balaban J connectivity index is 2.57. The van der Waals surface area contributed by atoms with E-state index in [-0.39, 0.29) is 5.41 Å².